The zero-order chi connectivity index (χ0) is 11.3. The summed E-state index contributed by atoms with van der Waals surface area (Å²) in [5.74, 6) is -1.11. The maximum absolute atomic E-state index is 10.5. The van der Waals surface area contributed by atoms with E-state index in [0.29, 0.717) is 11.3 Å². The first-order chi connectivity index (χ1) is 7.19. The molecule has 15 heavy (non-hydrogen) atoms. The summed E-state index contributed by atoms with van der Waals surface area (Å²) in [7, 11) is 1.49. The van der Waals surface area contributed by atoms with E-state index in [1.807, 2.05) is 6.07 Å². The number of rotatable bonds is 4. The van der Waals surface area contributed by atoms with Gasteiger partial charge in [0.25, 0.3) is 0 Å². The van der Waals surface area contributed by atoms with Crippen molar-refractivity contribution in [3.05, 3.63) is 29.8 Å². The molecule has 4 heteroatoms. The molecule has 0 saturated heterocycles. The van der Waals surface area contributed by atoms with Crippen LogP contribution in [-0.2, 0) is 4.79 Å². The monoisotopic (exact) mass is 205 g/mol. The smallest absolute Gasteiger partial charge is 0.305 e. The van der Waals surface area contributed by atoms with Crippen molar-refractivity contribution in [2.45, 2.75) is 12.3 Å². The minimum atomic E-state index is -0.993. The molecule has 0 spiro atoms. The van der Waals surface area contributed by atoms with Crippen LogP contribution in [0.3, 0.4) is 0 Å². The van der Waals surface area contributed by atoms with Crippen molar-refractivity contribution < 1.29 is 14.6 Å². The molecule has 1 N–H and O–H groups in total. The molecule has 4 nitrogen and oxygen atoms in total. The topological polar surface area (TPSA) is 70.3 Å². The zero-order valence-corrected chi connectivity index (χ0v) is 8.30. The first-order valence-electron chi connectivity index (χ1n) is 4.43. The fraction of sp³-hybridized carbons (Fsp3) is 0.273. The third kappa shape index (κ3) is 2.71. The summed E-state index contributed by atoms with van der Waals surface area (Å²) in [6.07, 6.45) is -0.211. The van der Waals surface area contributed by atoms with Gasteiger partial charge in [0.2, 0.25) is 0 Å². The molecule has 0 heterocycles. The molecule has 0 fully saturated rings. The first kappa shape index (κ1) is 11.1. The Bertz CT molecular complexity index is 395. The quantitative estimate of drug-likeness (QED) is 0.813. The van der Waals surface area contributed by atoms with Gasteiger partial charge in [0.1, 0.15) is 5.75 Å². The Labute approximate surface area is 87.7 Å². The number of hydrogen-bond acceptors (Lipinski definition) is 3. The minimum absolute atomic E-state index is 0.211. The number of carbonyl (C=O) groups is 1. The van der Waals surface area contributed by atoms with Gasteiger partial charge in [-0.15, -0.1) is 0 Å². The van der Waals surface area contributed by atoms with E-state index in [0.717, 1.165) is 0 Å². The molecule has 1 unspecified atom stereocenters. The highest BCUT2D eigenvalue weighted by Crippen LogP contribution is 2.28. The molecule has 1 rings (SSSR count). The lowest BCUT2D eigenvalue weighted by molar-refractivity contribution is -0.137. The molecule has 0 aromatic heterocycles. The predicted molar refractivity (Wildman–Crippen MR) is 53.6 cm³/mol. The SMILES string of the molecule is COc1ccccc1C(C#N)CC(=O)O. The van der Waals surface area contributed by atoms with Crippen LogP contribution < -0.4 is 4.74 Å². The van der Waals surface area contributed by atoms with Gasteiger partial charge in [-0.25, -0.2) is 0 Å². The van der Waals surface area contributed by atoms with Crippen LogP contribution >= 0.6 is 0 Å². The average Bonchev–Trinajstić information content (AvgIpc) is 2.25. The van der Waals surface area contributed by atoms with E-state index in [9.17, 15) is 4.79 Å². The summed E-state index contributed by atoms with van der Waals surface area (Å²) in [5, 5.41) is 17.5. The van der Waals surface area contributed by atoms with Crippen LogP contribution in [0.4, 0.5) is 0 Å². The molecule has 0 amide bonds. The predicted octanol–water partition coefficient (Wildman–Crippen LogP) is 1.78. The van der Waals surface area contributed by atoms with Gasteiger partial charge in [0.15, 0.2) is 0 Å². The van der Waals surface area contributed by atoms with Crippen molar-refractivity contribution >= 4 is 5.97 Å². The standard InChI is InChI=1S/C11H11NO3/c1-15-10-5-3-2-4-9(10)8(7-12)6-11(13)14/h2-5,8H,6H2,1H3,(H,13,14). The highest BCUT2D eigenvalue weighted by atomic mass is 16.5. The summed E-state index contributed by atoms with van der Waals surface area (Å²) in [6.45, 7) is 0. The molecule has 78 valence electrons. The Kier molecular flexibility index (Phi) is 3.69. The molecule has 0 saturated carbocycles. The minimum Gasteiger partial charge on any atom is -0.496 e. The zero-order valence-electron chi connectivity index (χ0n) is 8.30. The summed E-state index contributed by atoms with van der Waals surface area (Å²) < 4.78 is 5.07. The van der Waals surface area contributed by atoms with E-state index in [2.05, 4.69) is 0 Å². The van der Waals surface area contributed by atoms with Gasteiger partial charge in [-0.3, -0.25) is 4.79 Å². The number of nitriles is 1. The van der Waals surface area contributed by atoms with Crippen molar-refractivity contribution in [3.8, 4) is 11.8 Å². The Hall–Kier alpha value is -2.02. The molecule has 1 atom stereocenters. The van der Waals surface area contributed by atoms with E-state index in [4.69, 9.17) is 15.1 Å². The number of nitrogens with zero attached hydrogens (tertiary/aromatic N) is 1. The number of carboxylic acid groups (broad SMARTS) is 1. The van der Waals surface area contributed by atoms with Crippen LogP contribution in [0, 0.1) is 11.3 Å². The number of methoxy groups -OCH3 is 1. The van der Waals surface area contributed by atoms with Crippen molar-refractivity contribution in [3.63, 3.8) is 0 Å². The average molecular weight is 205 g/mol. The first-order valence-corrected chi connectivity index (χ1v) is 4.43. The number of ether oxygens (including phenoxy) is 1. The summed E-state index contributed by atoms with van der Waals surface area (Å²) in [6, 6.07) is 8.91. The Morgan fingerprint density at radius 1 is 1.60 bits per heavy atom. The molecular formula is C11H11NO3. The van der Waals surface area contributed by atoms with E-state index in [-0.39, 0.29) is 6.42 Å². The normalized spacial score (nSPS) is 11.5. The van der Waals surface area contributed by atoms with Gasteiger partial charge < -0.3 is 9.84 Å². The maximum Gasteiger partial charge on any atom is 0.305 e. The Balaban J connectivity index is 3.02. The molecule has 1 aromatic rings. The highest BCUT2D eigenvalue weighted by molar-refractivity contribution is 5.69. The van der Waals surface area contributed by atoms with E-state index in [1.165, 1.54) is 7.11 Å². The fourth-order valence-corrected chi connectivity index (χ4v) is 1.35. The molecule has 1 aromatic carbocycles. The van der Waals surface area contributed by atoms with Crippen LogP contribution in [0.5, 0.6) is 5.75 Å². The van der Waals surface area contributed by atoms with Gasteiger partial charge in [0.05, 0.1) is 25.5 Å². The fourth-order valence-electron chi connectivity index (χ4n) is 1.35. The van der Waals surface area contributed by atoms with Crippen LogP contribution in [0.15, 0.2) is 24.3 Å². The molecule has 0 aliphatic rings. The third-order valence-electron chi connectivity index (χ3n) is 2.05. The largest absolute Gasteiger partial charge is 0.496 e. The van der Waals surface area contributed by atoms with Crippen LogP contribution in [0.1, 0.15) is 17.9 Å². The second kappa shape index (κ2) is 5.01. The summed E-state index contributed by atoms with van der Waals surface area (Å²) in [5.41, 5.74) is 0.616. The molecule has 0 aliphatic carbocycles. The molecule has 0 bridgehead atoms. The Morgan fingerprint density at radius 3 is 2.80 bits per heavy atom. The van der Waals surface area contributed by atoms with Crippen LogP contribution in [0.25, 0.3) is 0 Å². The van der Waals surface area contributed by atoms with Crippen molar-refractivity contribution in [1.29, 1.82) is 5.26 Å². The van der Waals surface area contributed by atoms with Gasteiger partial charge in [-0.1, -0.05) is 18.2 Å². The lowest BCUT2D eigenvalue weighted by atomic mass is 9.96. The van der Waals surface area contributed by atoms with Gasteiger partial charge in [0, 0.05) is 5.56 Å². The lowest BCUT2D eigenvalue weighted by Gasteiger charge is -2.11. The van der Waals surface area contributed by atoms with Crippen molar-refractivity contribution in [1.82, 2.24) is 0 Å². The van der Waals surface area contributed by atoms with E-state index in [1.54, 1.807) is 24.3 Å². The van der Waals surface area contributed by atoms with Crippen molar-refractivity contribution in [2.24, 2.45) is 0 Å². The summed E-state index contributed by atoms with van der Waals surface area (Å²) in [4.78, 5) is 10.5. The van der Waals surface area contributed by atoms with Crippen LogP contribution in [-0.4, -0.2) is 18.2 Å². The number of hydrogen-bond donors (Lipinski definition) is 1. The second-order valence-electron chi connectivity index (χ2n) is 3.02. The lowest BCUT2D eigenvalue weighted by Crippen LogP contribution is -2.05. The third-order valence-corrected chi connectivity index (χ3v) is 2.05. The van der Waals surface area contributed by atoms with Gasteiger partial charge >= 0.3 is 5.97 Å². The Morgan fingerprint density at radius 2 is 2.27 bits per heavy atom. The van der Waals surface area contributed by atoms with E-state index >= 15 is 0 Å². The second-order valence-corrected chi connectivity index (χ2v) is 3.02. The van der Waals surface area contributed by atoms with Gasteiger partial charge in [-0.2, -0.15) is 5.26 Å². The molecular weight excluding hydrogens is 194 g/mol. The highest BCUT2D eigenvalue weighted by Gasteiger charge is 2.18. The molecule has 0 radical (unpaired) electrons. The van der Waals surface area contributed by atoms with E-state index < -0.39 is 11.9 Å². The molecule has 0 aliphatic heterocycles. The summed E-state index contributed by atoms with van der Waals surface area (Å²) >= 11 is 0. The number of aliphatic carboxylic acids is 1. The number of benzene rings is 1. The number of carboxylic acids is 1. The number of para-hydroxylation sites is 1. The van der Waals surface area contributed by atoms with Gasteiger partial charge in [-0.05, 0) is 6.07 Å². The maximum atomic E-state index is 10.5. The van der Waals surface area contributed by atoms with Crippen LogP contribution in [0.2, 0.25) is 0 Å². The van der Waals surface area contributed by atoms with Crippen molar-refractivity contribution in [2.75, 3.05) is 7.11 Å².